The second-order valence-corrected chi connectivity index (χ2v) is 7.05. The number of para-hydroxylation sites is 2. The molecule has 3 aromatic rings. The average molecular weight is 388 g/mol. The molecule has 0 radical (unpaired) electrons. The highest BCUT2D eigenvalue weighted by Crippen LogP contribution is 2.22. The Morgan fingerprint density at radius 2 is 1.97 bits per heavy atom. The number of aryl methyl sites for hydroxylation is 1. The van der Waals surface area contributed by atoms with Crippen LogP contribution >= 0.6 is 0 Å². The SMILES string of the molecule is CCn1c(CNC(=O)/C=C/c2ccc(N3CCCC3=O)cc2)nc2ccccc21. The van der Waals surface area contributed by atoms with Gasteiger partial charge in [-0.25, -0.2) is 4.98 Å². The lowest BCUT2D eigenvalue weighted by atomic mass is 10.2. The number of anilines is 1. The van der Waals surface area contributed by atoms with E-state index in [4.69, 9.17) is 0 Å². The van der Waals surface area contributed by atoms with Gasteiger partial charge in [-0.05, 0) is 49.2 Å². The van der Waals surface area contributed by atoms with E-state index >= 15 is 0 Å². The van der Waals surface area contributed by atoms with Crippen molar-refractivity contribution in [2.75, 3.05) is 11.4 Å². The second-order valence-electron chi connectivity index (χ2n) is 7.05. The summed E-state index contributed by atoms with van der Waals surface area (Å²) in [4.78, 5) is 30.5. The number of benzene rings is 2. The van der Waals surface area contributed by atoms with Gasteiger partial charge in [0.15, 0.2) is 0 Å². The fraction of sp³-hybridized carbons (Fsp3) is 0.261. The predicted molar refractivity (Wildman–Crippen MR) is 114 cm³/mol. The van der Waals surface area contributed by atoms with E-state index in [2.05, 4.69) is 21.8 Å². The number of fused-ring (bicyclic) bond motifs is 1. The summed E-state index contributed by atoms with van der Waals surface area (Å²) in [5.74, 6) is 0.847. The van der Waals surface area contributed by atoms with Crippen molar-refractivity contribution in [1.29, 1.82) is 0 Å². The highest BCUT2D eigenvalue weighted by atomic mass is 16.2. The average Bonchev–Trinajstić information content (AvgIpc) is 3.33. The first-order valence-corrected chi connectivity index (χ1v) is 9.96. The van der Waals surface area contributed by atoms with Gasteiger partial charge < -0.3 is 14.8 Å². The molecule has 2 amide bonds. The monoisotopic (exact) mass is 388 g/mol. The first kappa shape index (κ1) is 18.9. The fourth-order valence-electron chi connectivity index (χ4n) is 3.70. The molecule has 1 fully saturated rings. The smallest absolute Gasteiger partial charge is 0.244 e. The molecule has 4 rings (SSSR count). The maximum absolute atomic E-state index is 12.2. The Bertz CT molecular complexity index is 1070. The van der Waals surface area contributed by atoms with Crippen molar-refractivity contribution in [3.05, 3.63) is 66.0 Å². The number of hydrogen-bond donors (Lipinski definition) is 1. The summed E-state index contributed by atoms with van der Waals surface area (Å²) < 4.78 is 2.11. The minimum atomic E-state index is -0.168. The molecule has 1 aromatic heterocycles. The van der Waals surface area contributed by atoms with Crippen LogP contribution in [0.2, 0.25) is 0 Å². The van der Waals surface area contributed by atoms with Crippen molar-refractivity contribution >= 4 is 34.6 Å². The molecule has 1 N–H and O–H groups in total. The first-order valence-electron chi connectivity index (χ1n) is 9.96. The van der Waals surface area contributed by atoms with Crippen molar-refractivity contribution in [2.24, 2.45) is 0 Å². The molecule has 0 saturated carbocycles. The summed E-state index contributed by atoms with van der Waals surface area (Å²) in [6, 6.07) is 15.7. The molecule has 0 atom stereocenters. The van der Waals surface area contributed by atoms with Crippen molar-refractivity contribution in [3.8, 4) is 0 Å². The van der Waals surface area contributed by atoms with Crippen LogP contribution < -0.4 is 10.2 Å². The van der Waals surface area contributed by atoms with Crippen LogP contribution in [0.1, 0.15) is 31.2 Å². The van der Waals surface area contributed by atoms with Gasteiger partial charge in [-0.2, -0.15) is 0 Å². The standard InChI is InChI=1S/C23H24N4O2/c1-2-26-20-7-4-3-6-19(20)25-21(26)16-24-22(28)14-11-17-9-12-18(13-10-17)27-15-5-8-23(27)29/h3-4,6-7,9-14H,2,5,8,15-16H2,1H3,(H,24,28)/b14-11+. The fourth-order valence-corrected chi connectivity index (χ4v) is 3.70. The summed E-state index contributed by atoms with van der Waals surface area (Å²) >= 11 is 0. The number of aromatic nitrogens is 2. The van der Waals surface area contributed by atoms with Gasteiger partial charge in [-0.15, -0.1) is 0 Å². The molecule has 0 bridgehead atoms. The Balaban J connectivity index is 1.37. The Morgan fingerprint density at radius 1 is 1.17 bits per heavy atom. The van der Waals surface area contributed by atoms with E-state index in [-0.39, 0.29) is 11.8 Å². The topological polar surface area (TPSA) is 67.2 Å². The van der Waals surface area contributed by atoms with E-state index in [0.29, 0.717) is 13.0 Å². The van der Waals surface area contributed by atoms with Crippen molar-refractivity contribution < 1.29 is 9.59 Å². The minimum Gasteiger partial charge on any atom is -0.345 e. The summed E-state index contributed by atoms with van der Waals surface area (Å²) in [6.45, 7) is 4.02. The Hall–Kier alpha value is -3.41. The van der Waals surface area contributed by atoms with Gasteiger partial charge in [0, 0.05) is 31.3 Å². The van der Waals surface area contributed by atoms with Crippen LogP contribution in [0.3, 0.4) is 0 Å². The van der Waals surface area contributed by atoms with Crippen LogP contribution in [0, 0.1) is 0 Å². The molecule has 148 valence electrons. The molecule has 0 spiro atoms. The summed E-state index contributed by atoms with van der Waals surface area (Å²) in [6.07, 6.45) is 4.82. The number of rotatable bonds is 6. The van der Waals surface area contributed by atoms with Crippen molar-refractivity contribution in [1.82, 2.24) is 14.9 Å². The Kier molecular flexibility index (Phi) is 5.42. The van der Waals surface area contributed by atoms with Crippen LogP contribution in [0.5, 0.6) is 0 Å². The largest absolute Gasteiger partial charge is 0.345 e. The van der Waals surface area contributed by atoms with Crippen LogP contribution in [0.4, 0.5) is 5.69 Å². The molecule has 1 aliphatic heterocycles. The number of imidazole rings is 1. The second kappa shape index (κ2) is 8.31. The molecule has 6 heteroatoms. The zero-order valence-corrected chi connectivity index (χ0v) is 16.5. The van der Waals surface area contributed by atoms with Gasteiger partial charge in [0.05, 0.1) is 17.6 Å². The van der Waals surface area contributed by atoms with E-state index in [9.17, 15) is 9.59 Å². The number of nitrogens with zero attached hydrogens (tertiary/aromatic N) is 3. The normalized spacial score (nSPS) is 14.2. The van der Waals surface area contributed by atoms with Crippen LogP contribution in [-0.4, -0.2) is 27.9 Å². The lowest BCUT2D eigenvalue weighted by Gasteiger charge is -2.15. The molecule has 1 aliphatic rings. The first-order chi connectivity index (χ1) is 14.2. The van der Waals surface area contributed by atoms with E-state index in [1.54, 1.807) is 11.0 Å². The van der Waals surface area contributed by atoms with Gasteiger partial charge in [0.2, 0.25) is 11.8 Å². The summed E-state index contributed by atoms with van der Waals surface area (Å²) in [5, 5.41) is 2.90. The van der Waals surface area contributed by atoms with Gasteiger partial charge in [0.25, 0.3) is 0 Å². The van der Waals surface area contributed by atoms with Crippen LogP contribution in [0.15, 0.2) is 54.6 Å². The maximum Gasteiger partial charge on any atom is 0.244 e. The zero-order chi connectivity index (χ0) is 20.2. The summed E-state index contributed by atoms with van der Waals surface area (Å²) in [5.41, 5.74) is 3.83. The van der Waals surface area contributed by atoms with Gasteiger partial charge in [0.1, 0.15) is 5.82 Å². The Labute approximate surface area is 169 Å². The number of carbonyl (C=O) groups excluding carboxylic acids is 2. The van der Waals surface area contributed by atoms with Crippen molar-refractivity contribution in [2.45, 2.75) is 32.9 Å². The molecule has 0 unspecified atom stereocenters. The molecular weight excluding hydrogens is 364 g/mol. The third kappa shape index (κ3) is 4.06. The van der Waals surface area contributed by atoms with E-state index in [1.165, 1.54) is 6.08 Å². The molecule has 0 aliphatic carbocycles. The molecule has 29 heavy (non-hydrogen) atoms. The van der Waals surface area contributed by atoms with Crippen molar-refractivity contribution in [3.63, 3.8) is 0 Å². The van der Waals surface area contributed by atoms with Crippen LogP contribution in [-0.2, 0) is 22.7 Å². The molecular formula is C23H24N4O2. The molecule has 6 nitrogen and oxygen atoms in total. The molecule has 2 heterocycles. The van der Waals surface area contributed by atoms with Crippen LogP contribution in [0.25, 0.3) is 17.1 Å². The maximum atomic E-state index is 12.2. The third-order valence-electron chi connectivity index (χ3n) is 5.18. The number of amides is 2. The number of nitrogens with one attached hydrogen (secondary N) is 1. The molecule has 2 aromatic carbocycles. The van der Waals surface area contributed by atoms with E-state index < -0.39 is 0 Å². The van der Waals surface area contributed by atoms with E-state index in [1.807, 2.05) is 48.5 Å². The quantitative estimate of drug-likeness (QED) is 0.657. The Morgan fingerprint density at radius 3 is 2.69 bits per heavy atom. The molecule has 1 saturated heterocycles. The van der Waals surface area contributed by atoms with Gasteiger partial charge in [-0.3, -0.25) is 9.59 Å². The minimum absolute atomic E-state index is 0.168. The highest BCUT2D eigenvalue weighted by molar-refractivity contribution is 5.95. The van der Waals surface area contributed by atoms with Gasteiger partial charge >= 0.3 is 0 Å². The third-order valence-corrected chi connectivity index (χ3v) is 5.18. The number of carbonyl (C=O) groups is 2. The van der Waals surface area contributed by atoms with E-state index in [0.717, 1.165) is 47.6 Å². The number of hydrogen-bond acceptors (Lipinski definition) is 3. The summed E-state index contributed by atoms with van der Waals surface area (Å²) in [7, 11) is 0. The lowest BCUT2D eigenvalue weighted by molar-refractivity contribution is -0.117. The van der Waals surface area contributed by atoms with Gasteiger partial charge in [-0.1, -0.05) is 24.3 Å². The lowest BCUT2D eigenvalue weighted by Crippen LogP contribution is -2.23. The zero-order valence-electron chi connectivity index (χ0n) is 16.5. The predicted octanol–water partition coefficient (Wildman–Crippen LogP) is 3.51. The highest BCUT2D eigenvalue weighted by Gasteiger charge is 2.21.